The average molecular weight is 326 g/mol. The van der Waals surface area contributed by atoms with Gasteiger partial charge in [0, 0.05) is 16.0 Å². The molecule has 0 fully saturated rings. The van der Waals surface area contributed by atoms with Crippen molar-refractivity contribution in [2.24, 2.45) is 5.92 Å². The molecule has 0 bridgehead atoms. The van der Waals surface area contributed by atoms with E-state index in [4.69, 9.17) is 4.74 Å². The molecule has 0 aromatic heterocycles. The molecule has 1 N–H and O–H groups in total. The van der Waals surface area contributed by atoms with Crippen LogP contribution in [0.1, 0.15) is 37.0 Å². The van der Waals surface area contributed by atoms with Gasteiger partial charge < -0.3 is 10.1 Å². The van der Waals surface area contributed by atoms with Crippen LogP contribution in [-0.2, 0) is 4.79 Å². The van der Waals surface area contributed by atoms with Crippen molar-refractivity contribution in [3.05, 3.63) is 22.2 Å². The molecule has 5 heteroatoms. The van der Waals surface area contributed by atoms with Gasteiger partial charge in [0.1, 0.15) is 5.75 Å². The Balaban J connectivity index is 2.37. The zero-order chi connectivity index (χ0) is 14.0. The van der Waals surface area contributed by atoms with E-state index in [1.165, 1.54) is 0 Å². The van der Waals surface area contributed by atoms with Gasteiger partial charge in [0.15, 0.2) is 12.4 Å². The monoisotopic (exact) mass is 325 g/mol. The fourth-order valence-electron chi connectivity index (χ4n) is 2.17. The molecule has 19 heavy (non-hydrogen) atoms. The van der Waals surface area contributed by atoms with Gasteiger partial charge in [0.05, 0.1) is 5.69 Å². The molecule has 0 radical (unpaired) electrons. The molecule has 0 aliphatic carbocycles. The van der Waals surface area contributed by atoms with Gasteiger partial charge in [-0.05, 0) is 40.9 Å². The van der Waals surface area contributed by atoms with Crippen molar-refractivity contribution in [2.45, 2.75) is 26.7 Å². The van der Waals surface area contributed by atoms with Crippen molar-refractivity contribution >= 4 is 33.3 Å². The van der Waals surface area contributed by atoms with Crippen LogP contribution < -0.4 is 10.1 Å². The Hall–Kier alpha value is -1.36. The summed E-state index contributed by atoms with van der Waals surface area (Å²) in [6.45, 7) is 4.01. The Bertz CT molecular complexity index is 524. The summed E-state index contributed by atoms with van der Waals surface area (Å²) in [5, 5.41) is 2.72. The first-order valence-corrected chi connectivity index (χ1v) is 7.16. The number of fused-ring (bicyclic) bond motifs is 1. The molecule has 4 nitrogen and oxygen atoms in total. The van der Waals surface area contributed by atoms with Gasteiger partial charge in [-0.1, -0.05) is 13.8 Å². The molecule has 0 saturated carbocycles. The summed E-state index contributed by atoms with van der Waals surface area (Å²) in [6, 6.07) is 3.43. The van der Waals surface area contributed by atoms with Crippen molar-refractivity contribution < 1.29 is 14.3 Å². The zero-order valence-corrected chi connectivity index (χ0v) is 12.5. The number of carbonyl (C=O) groups excluding carboxylic acids is 2. The van der Waals surface area contributed by atoms with Crippen LogP contribution in [0.3, 0.4) is 0 Å². The summed E-state index contributed by atoms with van der Waals surface area (Å²) in [4.78, 5) is 23.6. The number of anilines is 1. The second-order valence-corrected chi connectivity index (χ2v) is 5.40. The number of halogens is 1. The van der Waals surface area contributed by atoms with Crippen molar-refractivity contribution in [1.82, 2.24) is 0 Å². The topological polar surface area (TPSA) is 55.4 Å². The number of hydrogen-bond donors (Lipinski definition) is 1. The van der Waals surface area contributed by atoms with Crippen molar-refractivity contribution in [3.8, 4) is 5.75 Å². The summed E-state index contributed by atoms with van der Waals surface area (Å²) in [7, 11) is 0. The molecule has 0 unspecified atom stereocenters. The first-order chi connectivity index (χ1) is 9.06. The minimum absolute atomic E-state index is 0.00670. The Morgan fingerprint density at radius 2 is 2.11 bits per heavy atom. The predicted molar refractivity (Wildman–Crippen MR) is 76.7 cm³/mol. The molecule has 1 aromatic rings. The van der Waals surface area contributed by atoms with Crippen LogP contribution in [0.5, 0.6) is 5.75 Å². The highest BCUT2D eigenvalue weighted by molar-refractivity contribution is 9.10. The lowest BCUT2D eigenvalue weighted by atomic mass is 9.93. The average Bonchev–Trinajstić information content (AvgIpc) is 2.39. The lowest BCUT2D eigenvalue weighted by Gasteiger charge is -2.20. The molecule has 1 aromatic carbocycles. The van der Waals surface area contributed by atoms with Crippen molar-refractivity contribution in [2.75, 3.05) is 11.9 Å². The van der Waals surface area contributed by atoms with Crippen LogP contribution in [0, 0.1) is 5.92 Å². The van der Waals surface area contributed by atoms with E-state index in [1.807, 2.05) is 13.8 Å². The van der Waals surface area contributed by atoms with E-state index in [0.717, 1.165) is 12.8 Å². The maximum absolute atomic E-state index is 12.4. The van der Waals surface area contributed by atoms with E-state index < -0.39 is 0 Å². The molecule has 0 saturated heterocycles. The first-order valence-electron chi connectivity index (χ1n) is 6.37. The molecule has 1 aliphatic rings. The highest BCUT2D eigenvalue weighted by atomic mass is 79.9. The maximum Gasteiger partial charge on any atom is 0.262 e. The van der Waals surface area contributed by atoms with E-state index in [2.05, 4.69) is 21.2 Å². The number of rotatable bonds is 4. The third-order valence-electron chi connectivity index (χ3n) is 3.32. The van der Waals surface area contributed by atoms with Crippen LogP contribution in [-0.4, -0.2) is 18.3 Å². The molecule has 1 heterocycles. The molecule has 102 valence electrons. The number of nitrogens with one attached hydrogen (secondary N) is 1. The largest absolute Gasteiger partial charge is 0.482 e. The van der Waals surface area contributed by atoms with E-state index in [0.29, 0.717) is 21.5 Å². The summed E-state index contributed by atoms with van der Waals surface area (Å²) in [5.74, 6) is 0.503. The van der Waals surface area contributed by atoms with Gasteiger partial charge in [-0.15, -0.1) is 0 Å². The summed E-state index contributed by atoms with van der Waals surface area (Å²) in [5.41, 5.74) is 1.22. The Morgan fingerprint density at radius 3 is 2.74 bits per heavy atom. The molecular formula is C14H16BrNO3. The van der Waals surface area contributed by atoms with Crippen LogP contribution in [0.2, 0.25) is 0 Å². The molecular weight excluding hydrogens is 310 g/mol. The van der Waals surface area contributed by atoms with Gasteiger partial charge in [-0.25, -0.2) is 0 Å². The number of Topliss-reactive ketones (excluding diaryl/α,β-unsaturated/α-hetero) is 1. The van der Waals surface area contributed by atoms with Gasteiger partial charge in [-0.3, -0.25) is 9.59 Å². The van der Waals surface area contributed by atoms with Crippen LogP contribution in [0.4, 0.5) is 5.69 Å². The quantitative estimate of drug-likeness (QED) is 0.863. The number of benzene rings is 1. The van der Waals surface area contributed by atoms with E-state index in [9.17, 15) is 9.59 Å². The lowest BCUT2D eigenvalue weighted by Crippen LogP contribution is -2.26. The van der Waals surface area contributed by atoms with Crippen LogP contribution in [0.15, 0.2) is 16.6 Å². The number of ketones is 1. The highest BCUT2D eigenvalue weighted by Gasteiger charge is 2.23. The second kappa shape index (κ2) is 5.74. The normalized spacial score (nSPS) is 13.8. The Labute approximate surface area is 120 Å². The maximum atomic E-state index is 12.4. The van der Waals surface area contributed by atoms with E-state index in [1.54, 1.807) is 12.1 Å². The van der Waals surface area contributed by atoms with Crippen LogP contribution >= 0.6 is 15.9 Å². The molecule has 1 aliphatic heterocycles. The van der Waals surface area contributed by atoms with Gasteiger partial charge >= 0.3 is 0 Å². The lowest BCUT2D eigenvalue weighted by molar-refractivity contribution is -0.118. The van der Waals surface area contributed by atoms with E-state index >= 15 is 0 Å². The second-order valence-electron chi connectivity index (χ2n) is 4.54. The third kappa shape index (κ3) is 2.81. The van der Waals surface area contributed by atoms with Crippen molar-refractivity contribution in [3.63, 3.8) is 0 Å². The minimum Gasteiger partial charge on any atom is -0.482 e. The van der Waals surface area contributed by atoms with Gasteiger partial charge in [-0.2, -0.15) is 0 Å². The molecule has 0 spiro atoms. The molecule has 0 atom stereocenters. The fourth-order valence-corrected chi connectivity index (χ4v) is 2.71. The minimum atomic E-state index is -0.182. The zero-order valence-electron chi connectivity index (χ0n) is 11.0. The Kier molecular flexibility index (Phi) is 4.24. The van der Waals surface area contributed by atoms with Gasteiger partial charge in [0.2, 0.25) is 0 Å². The fraction of sp³-hybridized carbons (Fsp3) is 0.429. The van der Waals surface area contributed by atoms with Crippen LogP contribution in [0.25, 0.3) is 0 Å². The smallest absolute Gasteiger partial charge is 0.262 e. The number of carbonyl (C=O) groups is 2. The number of amides is 1. The van der Waals surface area contributed by atoms with Crippen molar-refractivity contribution in [1.29, 1.82) is 0 Å². The first kappa shape index (κ1) is 14.1. The summed E-state index contributed by atoms with van der Waals surface area (Å²) in [6.07, 6.45) is 1.63. The third-order valence-corrected chi connectivity index (χ3v) is 3.98. The number of ether oxygens (including phenoxy) is 1. The van der Waals surface area contributed by atoms with E-state index in [-0.39, 0.29) is 24.2 Å². The summed E-state index contributed by atoms with van der Waals surface area (Å²) < 4.78 is 6.03. The predicted octanol–water partition coefficient (Wildman–Crippen LogP) is 3.40. The molecule has 2 rings (SSSR count). The Morgan fingerprint density at radius 1 is 1.42 bits per heavy atom. The number of hydrogen-bond acceptors (Lipinski definition) is 3. The molecule has 1 amide bonds. The SMILES string of the molecule is CCC(CC)C(=O)c1cc2c(cc1Br)NC(=O)CO2. The summed E-state index contributed by atoms with van der Waals surface area (Å²) >= 11 is 3.39. The van der Waals surface area contributed by atoms with Gasteiger partial charge in [0.25, 0.3) is 5.91 Å². The highest BCUT2D eigenvalue weighted by Crippen LogP contribution is 2.35. The standard InChI is InChI=1S/C14H16BrNO3/c1-3-8(4-2)14(18)9-5-12-11(6-10(9)15)16-13(17)7-19-12/h5-6,8H,3-4,7H2,1-2H3,(H,16,17).